The molecule has 0 aromatic heterocycles. The Morgan fingerprint density at radius 1 is 0.667 bits per heavy atom. The molecule has 0 saturated heterocycles. The monoisotopic (exact) mass is 337 g/mol. The van der Waals surface area contributed by atoms with E-state index in [0.29, 0.717) is 0 Å². The van der Waals surface area contributed by atoms with Gasteiger partial charge in [-0.25, -0.2) is 0 Å². The second-order valence-electron chi connectivity index (χ2n) is 8.17. The first-order valence-electron chi connectivity index (χ1n) is 9.50. The van der Waals surface area contributed by atoms with E-state index in [0.717, 1.165) is 29.6 Å². The van der Waals surface area contributed by atoms with Gasteiger partial charge in [-0.05, 0) is 42.4 Å². The average molecular weight is 338 g/mol. The summed E-state index contributed by atoms with van der Waals surface area (Å²) in [6, 6.07) is 12.0. The molecule has 0 heterocycles. The van der Waals surface area contributed by atoms with Crippen molar-refractivity contribution in [3.63, 3.8) is 0 Å². The van der Waals surface area contributed by atoms with E-state index in [9.17, 15) is 0 Å². The van der Waals surface area contributed by atoms with Crippen LogP contribution in [0.3, 0.4) is 0 Å². The van der Waals surface area contributed by atoms with Crippen LogP contribution in [0.2, 0.25) is 0 Å². The highest BCUT2D eigenvalue weighted by Crippen LogP contribution is 2.47. The van der Waals surface area contributed by atoms with Gasteiger partial charge in [-0.1, -0.05) is 112 Å². The van der Waals surface area contributed by atoms with Gasteiger partial charge in [0.05, 0.1) is 0 Å². The summed E-state index contributed by atoms with van der Waals surface area (Å²) in [7, 11) is 0. The minimum atomic E-state index is 0. The third-order valence-electron chi connectivity index (χ3n) is 4.89. The molecule has 0 nitrogen and oxygen atoms in total. The fourth-order valence-electron chi connectivity index (χ4n) is 3.71. The van der Waals surface area contributed by atoms with Crippen molar-refractivity contribution in [3.05, 3.63) is 36.4 Å². The topological polar surface area (TPSA) is 0 Å². The van der Waals surface area contributed by atoms with E-state index in [2.05, 4.69) is 34.6 Å². The van der Waals surface area contributed by atoms with E-state index in [1.54, 1.807) is 25.7 Å². The molecule has 0 N–H and O–H groups in total. The lowest BCUT2D eigenvalue weighted by Crippen LogP contribution is -2.12. The van der Waals surface area contributed by atoms with Gasteiger partial charge in [0.25, 0.3) is 0 Å². The van der Waals surface area contributed by atoms with Crippen LogP contribution in [0, 0.1) is 29.6 Å². The van der Waals surface area contributed by atoms with E-state index >= 15 is 0 Å². The Morgan fingerprint density at radius 2 is 0.958 bits per heavy atom. The van der Waals surface area contributed by atoms with Gasteiger partial charge in [-0.15, -0.1) is 0 Å². The minimum absolute atomic E-state index is 0. The van der Waals surface area contributed by atoms with Crippen LogP contribution in [-0.4, -0.2) is 0 Å². The average Bonchev–Trinajstić information content (AvgIpc) is 2.93. The molecule has 144 valence electrons. The summed E-state index contributed by atoms with van der Waals surface area (Å²) in [5.41, 5.74) is 0. The molecule has 0 amide bonds. The molecule has 2 saturated carbocycles. The Bertz CT molecular complexity index is 314. The van der Waals surface area contributed by atoms with Crippen molar-refractivity contribution in [1.29, 1.82) is 0 Å². The lowest BCUT2D eigenvalue weighted by Gasteiger charge is -2.24. The normalized spacial score (nSPS) is 24.4. The lowest BCUT2D eigenvalue weighted by molar-refractivity contribution is 0.277. The van der Waals surface area contributed by atoms with Crippen LogP contribution in [0.15, 0.2) is 36.4 Å². The summed E-state index contributed by atoms with van der Waals surface area (Å²) in [6.45, 7) is 11.3. The summed E-state index contributed by atoms with van der Waals surface area (Å²) in [5, 5.41) is 0. The summed E-state index contributed by atoms with van der Waals surface area (Å²) in [5.74, 6) is 5.10. The highest BCUT2D eigenvalue weighted by Gasteiger charge is 2.36. The molecule has 2 aliphatic rings. The molecule has 2 fully saturated rings. The highest BCUT2D eigenvalue weighted by atomic mass is 14.4. The van der Waals surface area contributed by atoms with Crippen LogP contribution in [0.5, 0.6) is 0 Å². The number of rotatable bonds is 1. The van der Waals surface area contributed by atoms with Gasteiger partial charge in [0, 0.05) is 1.43 Å². The quantitative estimate of drug-likeness (QED) is 0.480. The van der Waals surface area contributed by atoms with Gasteiger partial charge in [0.2, 0.25) is 0 Å². The zero-order chi connectivity index (χ0) is 16.4. The number of fused-ring (bicyclic) bond motifs is 1. The summed E-state index contributed by atoms with van der Waals surface area (Å²) in [6.07, 6.45) is 9.25. The van der Waals surface area contributed by atoms with Crippen molar-refractivity contribution in [2.75, 3.05) is 0 Å². The van der Waals surface area contributed by atoms with Crippen LogP contribution in [-0.2, 0) is 0 Å². The molecule has 2 aliphatic carbocycles. The zero-order valence-electron chi connectivity index (χ0n) is 15.6. The second kappa shape index (κ2) is 14.6. The molecule has 0 spiro atoms. The third-order valence-corrected chi connectivity index (χ3v) is 4.89. The Morgan fingerprint density at radius 3 is 1.21 bits per heavy atom. The molecular weight excluding hydrogens is 288 g/mol. The van der Waals surface area contributed by atoms with Crippen molar-refractivity contribution < 1.29 is 1.43 Å². The smallest absolute Gasteiger partial charge is 0 e. The zero-order valence-corrected chi connectivity index (χ0v) is 15.6. The molecule has 3 rings (SSSR count). The molecule has 2 atom stereocenters. The molecule has 0 heteroatoms. The molecule has 0 radical (unpaired) electrons. The van der Waals surface area contributed by atoms with Crippen LogP contribution in [0.4, 0.5) is 0 Å². The van der Waals surface area contributed by atoms with Gasteiger partial charge in [-0.2, -0.15) is 0 Å². The van der Waals surface area contributed by atoms with Crippen molar-refractivity contribution in [2.24, 2.45) is 29.6 Å². The minimum Gasteiger partial charge on any atom is -0.0776 e. The summed E-state index contributed by atoms with van der Waals surface area (Å²) >= 11 is 0. The van der Waals surface area contributed by atoms with Crippen LogP contribution in [0.25, 0.3) is 0 Å². The SMILES string of the molecule is C.C.CC(C)C.CC(C)C1CC2CCCCC2C1.[2HH].c1ccccc1. The van der Waals surface area contributed by atoms with E-state index in [1.807, 2.05) is 36.4 Å². The maximum atomic E-state index is 2.40. The Balaban J connectivity index is -0.000000321. The lowest BCUT2D eigenvalue weighted by atomic mass is 9.82. The second-order valence-corrected chi connectivity index (χ2v) is 8.17. The van der Waals surface area contributed by atoms with Gasteiger partial charge in [0.1, 0.15) is 0 Å². The van der Waals surface area contributed by atoms with Crippen LogP contribution < -0.4 is 0 Å². The molecule has 2 unspecified atom stereocenters. The molecule has 0 aliphatic heterocycles. The molecular formula is C24H48. The Kier molecular flexibility index (Phi) is 15.4. The standard InChI is InChI=1S/C12H22.C6H6.C4H10.2CH4.H2/c1-9(2)12-7-10-5-3-4-6-11(10)8-12;1-2-4-6-5-3-1;1-4(2)3;;;/h9-12H,3-8H2,1-2H3;1-6H;4H,1-3H3;2*1H4;1H/i;;;;;1+1. The van der Waals surface area contributed by atoms with Crippen molar-refractivity contribution in [3.8, 4) is 0 Å². The Hall–Kier alpha value is -0.780. The largest absolute Gasteiger partial charge is 0.0776 e. The van der Waals surface area contributed by atoms with Crippen LogP contribution in [0.1, 0.15) is 89.4 Å². The first-order chi connectivity index (χ1) is 10.5. The van der Waals surface area contributed by atoms with Gasteiger partial charge < -0.3 is 0 Å². The van der Waals surface area contributed by atoms with E-state index in [4.69, 9.17) is 0 Å². The highest BCUT2D eigenvalue weighted by molar-refractivity contribution is 4.99. The number of hydrogen-bond donors (Lipinski definition) is 0. The van der Waals surface area contributed by atoms with Crippen molar-refractivity contribution in [1.82, 2.24) is 0 Å². The maximum absolute atomic E-state index is 2.40. The van der Waals surface area contributed by atoms with Gasteiger partial charge in [-0.3, -0.25) is 0 Å². The van der Waals surface area contributed by atoms with Gasteiger partial charge in [0.15, 0.2) is 0 Å². The van der Waals surface area contributed by atoms with E-state index in [-0.39, 0.29) is 16.3 Å². The summed E-state index contributed by atoms with van der Waals surface area (Å²) in [4.78, 5) is 0. The van der Waals surface area contributed by atoms with Gasteiger partial charge >= 0.3 is 0 Å². The predicted octanol–water partition coefficient (Wildman–Crippen LogP) is 8.73. The summed E-state index contributed by atoms with van der Waals surface area (Å²) < 4.78 is 0. The van der Waals surface area contributed by atoms with E-state index < -0.39 is 0 Å². The maximum Gasteiger partial charge on any atom is 0 e. The molecule has 24 heavy (non-hydrogen) atoms. The third kappa shape index (κ3) is 10.9. The fraction of sp³-hybridized carbons (Fsp3) is 0.750. The first-order valence-corrected chi connectivity index (χ1v) is 9.50. The van der Waals surface area contributed by atoms with Crippen molar-refractivity contribution in [2.45, 2.75) is 88.0 Å². The Labute approximate surface area is 155 Å². The van der Waals surface area contributed by atoms with E-state index in [1.165, 1.54) is 12.8 Å². The number of hydrogen-bond acceptors (Lipinski definition) is 0. The number of benzene rings is 1. The first kappa shape index (κ1) is 25.5. The van der Waals surface area contributed by atoms with Crippen LogP contribution >= 0.6 is 0 Å². The molecule has 0 bridgehead atoms. The van der Waals surface area contributed by atoms with Crippen molar-refractivity contribution >= 4 is 0 Å². The molecule has 1 aromatic rings. The predicted molar refractivity (Wildman–Crippen MR) is 116 cm³/mol. The fourth-order valence-corrected chi connectivity index (χ4v) is 3.71. The molecule has 1 aromatic carbocycles.